The van der Waals surface area contributed by atoms with Crippen LogP contribution in [-0.4, -0.2) is 21.1 Å². The summed E-state index contributed by atoms with van der Waals surface area (Å²) in [5, 5.41) is 0. The van der Waals surface area contributed by atoms with Gasteiger partial charge in [0, 0.05) is 15.2 Å². The van der Waals surface area contributed by atoms with Gasteiger partial charge in [0.05, 0.1) is 5.41 Å². The molecule has 0 aromatic heterocycles. The summed E-state index contributed by atoms with van der Waals surface area (Å²) in [5.74, 6) is -0.0534. The average molecular weight is 342 g/mol. The predicted molar refractivity (Wildman–Crippen MR) is 102 cm³/mol. The zero-order valence-corrected chi connectivity index (χ0v) is 16.7. The lowest BCUT2D eigenvalue weighted by Gasteiger charge is -2.39. The van der Waals surface area contributed by atoms with E-state index in [2.05, 4.69) is 56.5 Å². The van der Waals surface area contributed by atoms with Crippen molar-refractivity contribution in [2.75, 3.05) is 0 Å². The number of nitrogens with two attached hydrogens (primary N) is 1. The van der Waals surface area contributed by atoms with Crippen molar-refractivity contribution in [3.05, 3.63) is 41.0 Å². The smallest absolute Gasteiger partial charge is 0.228 e. The van der Waals surface area contributed by atoms with Crippen molar-refractivity contribution in [1.29, 1.82) is 0 Å². The maximum Gasteiger partial charge on any atom is 0.228 e. The van der Waals surface area contributed by atoms with Crippen LogP contribution in [0, 0.1) is 0 Å². The number of hydrogen-bond donors (Lipinski definition) is 1. The van der Waals surface area contributed by atoms with Crippen LogP contribution in [0.2, 0.25) is 30.8 Å². The highest BCUT2D eigenvalue weighted by Gasteiger charge is 2.87. The largest absolute Gasteiger partial charge is 0.369 e. The van der Waals surface area contributed by atoms with Gasteiger partial charge in [0.25, 0.3) is 0 Å². The highest BCUT2D eigenvalue weighted by Crippen LogP contribution is 2.82. The number of carbonyl (C=O) groups excluding carboxylic acids is 1. The van der Waals surface area contributed by atoms with E-state index in [1.54, 1.807) is 0 Å². The first kappa shape index (κ1) is 15.4. The van der Waals surface area contributed by atoms with Gasteiger partial charge in [-0.1, -0.05) is 69.4 Å². The third kappa shape index (κ3) is 1.40. The summed E-state index contributed by atoms with van der Waals surface area (Å²) in [7, 11) is -2.81. The summed E-state index contributed by atoms with van der Waals surface area (Å²) in [4.78, 5) is 13.0. The fraction of sp³-hybridized carbons (Fsp3) is 0.526. The molecule has 1 atom stereocenters. The molecule has 1 aliphatic heterocycles. The molecular formula is C19H27NOSi2. The number of fused-ring (bicyclic) bond motifs is 1. The Morgan fingerprint density at radius 1 is 1.13 bits per heavy atom. The Hall–Kier alpha value is -1.14. The molecule has 2 aliphatic carbocycles. The highest BCUT2D eigenvalue weighted by molar-refractivity contribution is 7.61. The van der Waals surface area contributed by atoms with Gasteiger partial charge in [-0.25, -0.2) is 0 Å². The minimum atomic E-state index is -1.41. The Balaban J connectivity index is 2.02. The maximum absolute atomic E-state index is 13.0. The average Bonchev–Trinajstić information content (AvgIpc) is 3.00. The summed E-state index contributed by atoms with van der Waals surface area (Å²) in [6.07, 6.45) is 8.78. The van der Waals surface area contributed by atoms with Crippen molar-refractivity contribution in [2.45, 2.75) is 61.9 Å². The third-order valence-corrected chi connectivity index (χ3v) is 31.3. The van der Waals surface area contributed by atoms with Crippen molar-refractivity contribution in [2.24, 2.45) is 5.73 Å². The number of hydrogen-bond acceptors (Lipinski definition) is 1. The first-order chi connectivity index (χ1) is 10.7. The molecule has 1 saturated carbocycles. The van der Waals surface area contributed by atoms with Crippen LogP contribution in [0.3, 0.4) is 0 Å². The van der Waals surface area contributed by atoms with Crippen LogP contribution < -0.4 is 5.73 Å². The summed E-state index contributed by atoms with van der Waals surface area (Å²) < 4.78 is 0.254. The van der Waals surface area contributed by atoms with E-state index in [-0.39, 0.29) is 10.6 Å². The van der Waals surface area contributed by atoms with E-state index >= 15 is 0 Å². The second kappa shape index (κ2) is 4.28. The summed E-state index contributed by atoms with van der Waals surface area (Å²) >= 11 is 0. The van der Waals surface area contributed by atoms with E-state index in [0.717, 1.165) is 19.3 Å². The number of allylic oxidation sites excluding steroid dienone is 1. The monoisotopic (exact) mass is 341 g/mol. The number of rotatable bonds is 2. The van der Waals surface area contributed by atoms with Gasteiger partial charge >= 0.3 is 0 Å². The van der Waals surface area contributed by atoms with Gasteiger partial charge in [0.1, 0.15) is 0 Å². The van der Waals surface area contributed by atoms with Crippen molar-refractivity contribution in [3.8, 4) is 0 Å². The van der Waals surface area contributed by atoms with Gasteiger partial charge in [0.15, 0.2) is 0 Å². The molecule has 1 spiro atoms. The van der Waals surface area contributed by atoms with E-state index in [1.807, 2.05) is 0 Å². The predicted octanol–water partition coefficient (Wildman–Crippen LogP) is 3.95. The number of carbonyl (C=O) groups is 1. The van der Waals surface area contributed by atoms with E-state index in [0.29, 0.717) is 0 Å². The molecule has 2 fully saturated rings. The molecule has 1 aromatic rings. The molecule has 2 nitrogen and oxygen atoms in total. The molecule has 1 unspecified atom stereocenters. The molecule has 1 saturated heterocycles. The fourth-order valence-electron chi connectivity index (χ4n) is 6.66. The third-order valence-electron chi connectivity index (χ3n) is 8.17. The van der Waals surface area contributed by atoms with Crippen LogP contribution in [-0.2, 0) is 16.6 Å². The lowest BCUT2D eigenvalue weighted by molar-refractivity contribution is -0.123. The molecule has 23 heavy (non-hydrogen) atoms. The lowest BCUT2D eigenvalue weighted by Crippen LogP contribution is -2.47. The minimum Gasteiger partial charge on any atom is -0.369 e. The van der Waals surface area contributed by atoms with Crippen LogP contribution in [0.15, 0.2) is 24.3 Å². The van der Waals surface area contributed by atoms with Crippen LogP contribution in [0.4, 0.5) is 0 Å². The van der Waals surface area contributed by atoms with Crippen LogP contribution in [0.25, 0.3) is 6.08 Å². The molecule has 1 amide bonds. The van der Waals surface area contributed by atoms with Gasteiger partial charge < -0.3 is 5.73 Å². The van der Waals surface area contributed by atoms with E-state index < -0.39 is 20.6 Å². The van der Waals surface area contributed by atoms with Gasteiger partial charge in [-0.3, -0.25) is 4.79 Å². The van der Waals surface area contributed by atoms with Crippen molar-refractivity contribution in [3.63, 3.8) is 0 Å². The second-order valence-electron chi connectivity index (χ2n) is 8.76. The first-order valence-corrected chi connectivity index (χ1v) is 15.8. The molecule has 1 aromatic carbocycles. The fourth-order valence-corrected chi connectivity index (χ4v) is 29.1. The van der Waals surface area contributed by atoms with Crippen molar-refractivity contribution in [1.82, 2.24) is 0 Å². The molecule has 4 rings (SSSR count). The molecule has 122 valence electrons. The van der Waals surface area contributed by atoms with Gasteiger partial charge in [-0.05, 0) is 34.2 Å². The van der Waals surface area contributed by atoms with Crippen molar-refractivity contribution >= 4 is 27.2 Å². The standard InChI is InChI=1S/C19H27NOSi2/c1-22(2)19(23(22,3)4)13-7-12-18(19,17(20)21)16-11-6-9-14-8-5-10-15(14)16/h5-6,9-11H,7-8,12-13H2,1-4H3,(H2,20,21). The van der Waals surface area contributed by atoms with Gasteiger partial charge in [-0.2, -0.15) is 0 Å². The molecule has 2 N–H and O–H groups in total. The second-order valence-corrected chi connectivity index (χ2v) is 25.0. The Morgan fingerprint density at radius 2 is 1.83 bits per heavy atom. The van der Waals surface area contributed by atoms with Crippen LogP contribution >= 0.6 is 0 Å². The number of benzene rings is 1. The Morgan fingerprint density at radius 3 is 2.43 bits per heavy atom. The molecule has 4 heteroatoms. The molecule has 0 radical (unpaired) electrons. The highest BCUT2D eigenvalue weighted by atomic mass is 29.3. The quantitative estimate of drug-likeness (QED) is 0.813. The summed E-state index contributed by atoms with van der Waals surface area (Å²) in [5.41, 5.74) is 9.72. The zero-order chi connectivity index (χ0) is 16.7. The van der Waals surface area contributed by atoms with Crippen LogP contribution in [0.1, 0.15) is 36.0 Å². The SMILES string of the molecule is C[Si]1(C)C2(CCCC2(C(N)=O)c2cccc3c2C=CC3)[Si]1(C)C. The van der Waals surface area contributed by atoms with E-state index in [9.17, 15) is 4.79 Å². The molecular weight excluding hydrogens is 314 g/mol. The van der Waals surface area contributed by atoms with Gasteiger partial charge in [0.2, 0.25) is 5.91 Å². The summed E-state index contributed by atoms with van der Waals surface area (Å²) in [6.45, 7) is 10.1. The van der Waals surface area contributed by atoms with Gasteiger partial charge in [-0.15, -0.1) is 0 Å². The molecule has 1 heterocycles. The zero-order valence-electron chi connectivity index (χ0n) is 14.7. The first-order valence-electron chi connectivity index (χ1n) is 8.83. The normalized spacial score (nSPS) is 31.3. The van der Waals surface area contributed by atoms with Crippen molar-refractivity contribution < 1.29 is 4.79 Å². The molecule has 0 bridgehead atoms. The number of amides is 1. The Labute approximate surface area is 141 Å². The Kier molecular flexibility index (Phi) is 2.86. The minimum absolute atomic E-state index is 0.0534. The maximum atomic E-state index is 13.0. The van der Waals surface area contributed by atoms with E-state index in [4.69, 9.17) is 5.73 Å². The summed E-state index contributed by atoms with van der Waals surface area (Å²) in [6, 6.07) is 6.55. The van der Waals surface area contributed by atoms with Crippen LogP contribution in [0.5, 0.6) is 0 Å². The van der Waals surface area contributed by atoms with E-state index in [1.165, 1.54) is 23.1 Å². The topological polar surface area (TPSA) is 43.1 Å². The number of primary amides is 1. The molecule has 3 aliphatic rings. The Bertz CT molecular complexity index is 736. The lowest BCUT2D eigenvalue weighted by atomic mass is 9.74.